The Kier molecular flexibility index (Phi) is 11.5. The number of carboxylic acids is 1. The average Bonchev–Trinajstić information content (AvgIpc) is 3.10. The standard InChI is InChI=1S/C39H41NO9/c1-22-25(4)33(27(6)34(46-7)30(22)38(43)44)49-39(45)31-23(2)24(3)32(26(5)35(31)47-8)48-21-15-20-40(36(41)28-16-11-9-12-17-28)37(42)29-18-13-10-14-19-29/h9-14,16-19H,15,20-21H2,1-8H3,(H,43,44). The molecule has 10 nitrogen and oxygen atoms in total. The fraction of sp³-hybridized carbons (Fsp3) is 0.282. The van der Waals surface area contributed by atoms with E-state index in [1.807, 2.05) is 6.92 Å². The smallest absolute Gasteiger partial charge is 0.347 e. The third-order valence-corrected chi connectivity index (χ3v) is 8.70. The predicted molar refractivity (Wildman–Crippen MR) is 185 cm³/mol. The highest BCUT2D eigenvalue weighted by Gasteiger charge is 2.30. The number of imide groups is 1. The van der Waals surface area contributed by atoms with Gasteiger partial charge in [-0.25, -0.2) is 9.59 Å². The minimum atomic E-state index is -1.14. The molecule has 0 aliphatic carbocycles. The molecule has 2 amide bonds. The molecule has 0 bridgehead atoms. The van der Waals surface area contributed by atoms with Gasteiger partial charge in [0.05, 0.1) is 20.8 Å². The van der Waals surface area contributed by atoms with E-state index in [0.717, 1.165) is 0 Å². The Morgan fingerprint density at radius 1 is 0.592 bits per heavy atom. The lowest BCUT2D eigenvalue weighted by molar-refractivity contribution is 0.0605. The number of carbonyl (C=O) groups excluding carboxylic acids is 3. The number of aromatic carboxylic acids is 1. The van der Waals surface area contributed by atoms with Gasteiger partial charge in [0.25, 0.3) is 11.8 Å². The monoisotopic (exact) mass is 667 g/mol. The first-order valence-corrected chi connectivity index (χ1v) is 15.8. The largest absolute Gasteiger partial charge is 0.495 e. The lowest BCUT2D eigenvalue weighted by Gasteiger charge is -2.23. The van der Waals surface area contributed by atoms with Gasteiger partial charge in [0.15, 0.2) is 0 Å². The fourth-order valence-electron chi connectivity index (χ4n) is 5.89. The Hall–Kier alpha value is -5.64. The summed E-state index contributed by atoms with van der Waals surface area (Å²) in [6, 6.07) is 17.3. The number of nitrogens with zero attached hydrogens (tertiary/aromatic N) is 1. The van der Waals surface area contributed by atoms with Crippen LogP contribution in [0.4, 0.5) is 0 Å². The number of ether oxygens (including phenoxy) is 4. The van der Waals surface area contributed by atoms with Gasteiger partial charge in [-0.1, -0.05) is 36.4 Å². The Labute approximate surface area is 286 Å². The second kappa shape index (κ2) is 15.5. The maximum absolute atomic E-state index is 13.8. The van der Waals surface area contributed by atoms with Crippen LogP contribution in [-0.2, 0) is 0 Å². The van der Waals surface area contributed by atoms with E-state index in [9.17, 15) is 24.3 Å². The van der Waals surface area contributed by atoms with Crippen molar-refractivity contribution < 1.29 is 43.2 Å². The Bertz CT molecular complexity index is 1850. The highest BCUT2D eigenvalue weighted by Crippen LogP contribution is 2.41. The van der Waals surface area contributed by atoms with Crippen molar-refractivity contribution in [2.75, 3.05) is 27.4 Å². The van der Waals surface area contributed by atoms with Crippen molar-refractivity contribution in [1.82, 2.24) is 4.90 Å². The summed E-state index contributed by atoms with van der Waals surface area (Å²) in [5.41, 5.74) is 4.15. The molecule has 0 heterocycles. The summed E-state index contributed by atoms with van der Waals surface area (Å²) in [6.07, 6.45) is 0.341. The lowest BCUT2D eigenvalue weighted by Crippen LogP contribution is -2.38. The van der Waals surface area contributed by atoms with Crippen LogP contribution < -0.4 is 18.9 Å². The van der Waals surface area contributed by atoms with Crippen molar-refractivity contribution in [3.05, 3.63) is 116 Å². The van der Waals surface area contributed by atoms with Crippen LogP contribution in [0.1, 0.15) is 81.2 Å². The van der Waals surface area contributed by atoms with Crippen molar-refractivity contribution >= 4 is 23.8 Å². The minimum Gasteiger partial charge on any atom is -0.495 e. The van der Waals surface area contributed by atoms with E-state index in [1.54, 1.807) is 95.3 Å². The zero-order chi connectivity index (χ0) is 36.0. The van der Waals surface area contributed by atoms with Gasteiger partial charge in [-0.15, -0.1) is 0 Å². The zero-order valence-electron chi connectivity index (χ0n) is 29.1. The van der Waals surface area contributed by atoms with Crippen LogP contribution in [0, 0.1) is 41.5 Å². The Morgan fingerprint density at radius 3 is 1.53 bits per heavy atom. The van der Waals surface area contributed by atoms with E-state index in [4.69, 9.17) is 18.9 Å². The fourth-order valence-corrected chi connectivity index (χ4v) is 5.89. The molecule has 1 N–H and O–H groups in total. The van der Waals surface area contributed by atoms with Crippen LogP contribution in [0.3, 0.4) is 0 Å². The van der Waals surface area contributed by atoms with Gasteiger partial charge >= 0.3 is 11.9 Å². The van der Waals surface area contributed by atoms with Crippen LogP contribution in [0.5, 0.6) is 23.0 Å². The molecule has 0 radical (unpaired) electrons. The van der Waals surface area contributed by atoms with Crippen LogP contribution in [0.2, 0.25) is 0 Å². The van der Waals surface area contributed by atoms with Gasteiger partial charge in [-0.3, -0.25) is 14.5 Å². The second-order valence-corrected chi connectivity index (χ2v) is 11.6. The molecule has 49 heavy (non-hydrogen) atoms. The summed E-state index contributed by atoms with van der Waals surface area (Å²) < 4.78 is 23.3. The number of carboxylic acid groups (broad SMARTS) is 1. The summed E-state index contributed by atoms with van der Waals surface area (Å²) in [4.78, 5) is 53.8. The number of amides is 2. The number of carbonyl (C=O) groups is 4. The van der Waals surface area contributed by atoms with Gasteiger partial charge in [-0.05, 0) is 94.5 Å². The molecule has 0 saturated carbocycles. The predicted octanol–water partition coefficient (Wildman–Crippen LogP) is 7.22. The van der Waals surface area contributed by atoms with Crippen molar-refractivity contribution in [1.29, 1.82) is 0 Å². The molecule has 0 aromatic heterocycles. The maximum Gasteiger partial charge on any atom is 0.347 e. The first kappa shape index (κ1) is 36.2. The number of hydrogen-bond acceptors (Lipinski definition) is 8. The molecular weight excluding hydrogens is 626 g/mol. The van der Waals surface area contributed by atoms with Crippen molar-refractivity contribution in [3.63, 3.8) is 0 Å². The molecule has 0 aliphatic rings. The summed E-state index contributed by atoms with van der Waals surface area (Å²) >= 11 is 0. The summed E-state index contributed by atoms with van der Waals surface area (Å²) in [6.45, 7) is 10.6. The molecule has 0 unspecified atom stereocenters. The van der Waals surface area contributed by atoms with Crippen LogP contribution in [0.15, 0.2) is 60.7 Å². The molecule has 4 rings (SSSR count). The number of hydrogen-bond donors (Lipinski definition) is 1. The van der Waals surface area contributed by atoms with Crippen LogP contribution >= 0.6 is 0 Å². The summed E-state index contributed by atoms with van der Waals surface area (Å²) in [7, 11) is 2.82. The molecule has 256 valence electrons. The number of esters is 1. The normalized spacial score (nSPS) is 10.7. The highest BCUT2D eigenvalue weighted by molar-refractivity contribution is 6.10. The van der Waals surface area contributed by atoms with Gasteiger partial charge in [0.2, 0.25) is 0 Å². The SMILES string of the molecule is COc1c(C)c(OC(=O)c2c(C)c(C)c(OCCCN(C(=O)c3ccccc3)C(=O)c3ccccc3)c(C)c2OC)c(C)c(C)c1C(=O)O. The minimum absolute atomic E-state index is 0.0104. The molecule has 4 aromatic carbocycles. The average molecular weight is 668 g/mol. The molecular formula is C39H41NO9. The molecule has 0 atom stereocenters. The highest BCUT2D eigenvalue weighted by atomic mass is 16.5. The molecule has 0 aliphatic heterocycles. The topological polar surface area (TPSA) is 129 Å². The van der Waals surface area contributed by atoms with Gasteiger partial charge in [0, 0.05) is 28.8 Å². The van der Waals surface area contributed by atoms with Crippen LogP contribution in [-0.4, -0.2) is 61.1 Å². The molecule has 10 heteroatoms. The van der Waals surface area contributed by atoms with E-state index >= 15 is 0 Å². The maximum atomic E-state index is 13.8. The van der Waals surface area contributed by atoms with E-state index in [-0.39, 0.29) is 41.5 Å². The van der Waals surface area contributed by atoms with Crippen molar-refractivity contribution in [2.24, 2.45) is 0 Å². The number of rotatable bonds is 12. The molecule has 0 spiro atoms. The Morgan fingerprint density at radius 2 is 1.04 bits per heavy atom. The molecule has 0 fully saturated rings. The van der Waals surface area contributed by atoms with Crippen molar-refractivity contribution in [2.45, 2.75) is 48.0 Å². The van der Waals surface area contributed by atoms with E-state index in [0.29, 0.717) is 56.7 Å². The quantitative estimate of drug-likeness (QED) is 0.0720. The molecule has 4 aromatic rings. The van der Waals surface area contributed by atoms with Crippen LogP contribution in [0.25, 0.3) is 0 Å². The van der Waals surface area contributed by atoms with Gasteiger partial charge in [0.1, 0.15) is 34.1 Å². The third kappa shape index (κ3) is 7.28. The number of methoxy groups -OCH3 is 2. The summed E-state index contributed by atoms with van der Waals surface area (Å²) in [5, 5.41) is 9.77. The number of benzene rings is 4. The first-order valence-electron chi connectivity index (χ1n) is 15.8. The first-order chi connectivity index (χ1) is 23.3. The third-order valence-electron chi connectivity index (χ3n) is 8.70. The van der Waals surface area contributed by atoms with Gasteiger partial charge < -0.3 is 24.1 Å². The second-order valence-electron chi connectivity index (χ2n) is 11.6. The lowest BCUT2D eigenvalue weighted by atomic mass is 9.96. The van der Waals surface area contributed by atoms with E-state index in [2.05, 4.69) is 0 Å². The van der Waals surface area contributed by atoms with Gasteiger partial charge in [-0.2, -0.15) is 0 Å². The Balaban J connectivity index is 1.59. The summed E-state index contributed by atoms with van der Waals surface area (Å²) in [5.74, 6) is -1.53. The van der Waals surface area contributed by atoms with E-state index < -0.39 is 23.8 Å². The molecule has 0 saturated heterocycles. The van der Waals surface area contributed by atoms with E-state index in [1.165, 1.54) is 19.1 Å². The zero-order valence-corrected chi connectivity index (χ0v) is 29.1. The van der Waals surface area contributed by atoms with Crippen molar-refractivity contribution in [3.8, 4) is 23.0 Å².